The lowest BCUT2D eigenvalue weighted by molar-refractivity contribution is 0.277. The van der Waals surface area contributed by atoms with Crippen LogP contribution in [-0.4, -0.2) is 47.1 Å². The molecule has 1 aliphatic heterocycles. The second-order valence-electron chi connectivity index (χ2n) is 4.60. The molecule has 2 rings (SSSR count). The van der Waals surface area contributed by atoms with E-state index in [4.69, 9.17) is 0 Å². The first-order valence-electron chi connectivity index (χ1n) is 6.88. The van der Waals surface area contributed by atoms with Crippen LogP contribution in [0.5, 0.6) is 0 Å². The van der Waals surface area contributed by atoms with Crippen molar-refractivity contribution in [3.05, 3.63) is 12.3 Å². The average Bonchev–Trinajstić information content (AvgIpc) is 2.84. The van der Waals surface area contributed by atoms with Crippen LogP contribution < -0.4 is 10.6 Å². The molecule has 18 heavy (non-hydrogen) atoms. The van der Waals surface area contributed by atoms with Gasteiger partial charge in [-0.3, -0.25) is 4.90 Å². The standard InChI is InChI=1S/C13H23N5/c1-3-14-13-15-8-7-12(17-13)16-10-11-6-5-9-18(11)4-2/h7-8,11H,3-6,9-10H2,1-2H3,(H2,14,15,16,17). The molecule has 0 radical (unpaired) electrons. The normalized spacial score (nSPS) is 20.0. The van der Waals surface area contributed by atoms with Crippen LogP contribution in [0, 0.1) is 0 Å². The van der Waals surface area contributed by atoms with Crippen molar-refractivity contribution in [2.24, 2.45) is 0 Å². The van der Waals surface area contributed by atoms with E-state index in [9.17, 15) is 0 Å². The monoisotopic (exact) mass is 249 g/mol. The lowest BCUT2D eigenvalue weighted by Crippen LogP contribution is -2.34. The predicted octanol–water partition coefficient (Wildman–Crippen LogP) is 1.80. The largest absolute Gasteiger partial charge is 0.368 e. The summed E-state index contributed by atoms with van der Waals surface area (Å²) in [6.45, 7) is 8.45. The van der Waals surface area contributed by atoms with Gasteiger partial charge in [0, 0.05) is 25.3 Å². The molecule has 0 aliphatic carbocycles. The minimum Gasteiger partial charge on any atom is -0.368 e. The van der Waals surface area contributed by atoms with Gasteiger partial charge in [-0.05, 0) is 38.9 Å². The predicted molar refractivity (Wildman–Crippen MR) is 75.0 cm³/mol. The summed E-state index contributed by atoms with van der Waals surface area (Å²) in [5.41, 5.74) is 0. The fraction of sp³-hybridized carbons (Fsp3) is 0.692. The highest BCUT2D eigenvalue weighted by Crippen LogP contribution is 2.17. The smallest absolute Gasteiger partial charge is 0.224 e. The Morgan fingerprint density at radius 3 is 3.06 bits per heavy atom. The number of hydrogen-bond acceptors (Lipinski definition) is 5. The summed E-state index contributed by atoms with van der Waals surface area (Å²) in [4.78, 5) is 11.1. The molecule has 1 unspecified atom stereocenters. The maximum atomic E-state index is 4.42. The Hall–Kier alpha value is -1.36. The van der Waals surface area contributed by atoms with E-state index in [1.54, 1.807) is 6.20 Å². The Morgan fingerprint density at radius 1 is 1.39 bits per heavy atom. The molecule has 1 fully saturated rings. The molecule has 100 valence electrons. The van der Waals surface area contributed by atoms with Gasteiger partial charge in [-0.25, -0.2) is 4.98 Å². The number of likely N-dealkylation sites (N-methyl/N-ethyl adjacent to an activating group) is 1. The molecule has 0 spiro atoms. The van der Waals surface area contributed by atoms with E-state index in [-0.39, 0.29) is 0 Å². The summed E-state index contributed by atoms with van der Waals surface area (Å²) in [6.07, 6.45) is 4.39. The molecule has 1 saturated heterocycles. The number of hydrogen-bond donors (Lipinski definition) is 2. The van der Waals surface area contributed by atoms with Gasteiger partial charge in [0.05, 0.1) is 0 Å². The van der Waals surface area contributed by atoms with Crippen molar-refractivity contribution in [3.63, 3.8) is 0 Å². The molecule has 2 heterocycles. The van der Waals surface area contributed by atoms with Crippen LogP contribution in [0.3, 0.4) is 0 Å². The van der Waals surface area contributed by atoms with Crippen LogP contribution in [0.1, 0.15) is 26.7 Å². The van der Waals surface area contributed by atoms with Gasteiger partial charge < -0.3 is 10.6 Å². The summed E-state index contributed by atoms with van der Waals surface area (Å²) in [5.74, 6) is 1.60. The van der Waals surface area contributed by atoms with Crippen LogP contribution in [-0.2, 0) is 0 Å². The summed E-state index contributed by atoms with van der Waals surface area (Å²) in [7, 11) is 0. The summed E-state index contributed by atoms with van der Waals surface area (Å²) < 4.78 is 0. The van der Waals surface area contributed by atoms with Gasteiger partial charge >= 0.3 is 0 Å². The van der Waals surface area contributed by atoms with Crippen molar-refractivity contribution in [2.45, 2.75) is 32.7 Å². The van der Waals surface area contributed by atoms with E-state index < -0.39 is 0 Å². The Kier molecular flexibility index (Phi) is 4.75. The molecule has 0 aromatic carbocycles. The average molecular weight is 249 g/mol. The number of nitrogens with zero attached hydrogens (tertiary/aromatic N) is 3. The number of anilines is 2. The van der Waals surface area contributed by atoms with Crippen LogP contribution in [0.2, 0.25) is 0 Å². The second-order valence-corrected chi connectivity index (χ2v) is 4.60. The zero-order chi connectivity index (χ0) is 12.8. The highest BCUT2D eigenvalue weighted by molar-refractivity contribution is 5.39. The van der Waals surface area contributed by atoms with Crippen molar-refractivity contribution in [1.82, 2.24) is 14.9 Å². The number of nitrogens with one attached hydrogen (secondary N) is 2. The maximum Gasteiger partial charge on any atom is 0.224 e. The quantitative estimate of drug-likeness (QED) is 0.805. The fourth-order valence-electron chi connectivity index (χ4n) is 2.47. The van der Waals surface area contributed by atoms with E-state index in [0.29, 0.717) is 12.0 Å². The molecule has 0 saturated carbocycles. The Bertz CT molecular complexity index is 368. The minimum atomic E-state index is 0.646. The van der Waals surface area contributed by atoms with Crippen LogP contribution in [0.15, 0.2) is 12.3 Å². The second kappa shape index (κ2) is 6.54. The van der Waals surface area contributed by atoms with Gasteiger partial charge in [-0.2, -0.15) is 4.98 Å². The molecule has 1 atom stereocenters. The fourth-order valence-corrected chi connectivity index (χ4v) is 2.47. The molecule has 1 aromatic heterocycles. The van der Waals surface area contributed by atoms with Crippen LogP contribution in [0.25, 0.3) is 0 Å². The highest BCUT2D eigenvalue weighted by atomic mass is 15.2. The van der Waals surface area contributed by atoms with Crippen molar-refractivity contribution in [3.8, 4) is 0 Å². The lowest BCUT2D eigenvalue weighted by Gasteiger charge is -2.23. The van der Waals surface area contributed by atoms with Crippen LogP contribution in [0.4, 0.5) is 11.8 Å². The third kappa shape index (κ3) is 3.32. The van der Waals surface area contributed by atoms with E-state index in [1.165, 1.54) is 19.4 Å². The van der Waals surface area contributed by atoms with Crippen LogP contribution >= 0.6 is 0 Å². The topological polar surface area (TPSA) is 53.1 Å². The first kappa shape index (κ1) is 13.1. The summed E-state index contributed by atoms with van der Waals surface area (Å²) in [5, 5.41) is 6.54. The lowest BCUT2D eigenvalue weighted by atomic mass is 10.2. The molecule has 5 nitrogen and oxygen atoms in total. The Balaban J connectivity index is 1.87. The molecule has 0 bridgehead atoms. The van der Waals surface area contributed by atoms with Crippen molar-refractivity contribution in [1.29, 1.82) is 0 Å². The summed E-state index contributed by atoms with van der Waals surface area (Å²) >= 11 is 0. The van der Waals surface area contributed by atoms with Gasteiger partial charge in [0.2, 0.25) is 5.95 Å². The van der Waals surface area contributed by atoms with Crippen molar-refractivity contribution in [2.75, 3.05) is 36.8 Å². The van der Waals surface area contributed by atoms with Gasteiger partial charge in [0.15, 0.2) is 0 Å². The number of rotatable bonds is 6. The first-order valence-corrected chi connectivity index (χ1v) is 6.88. The van der Waals surface area contributed by atoms with E-state index in [1.807, 2.05) is 13.0 Å². The molecule has 1 aromatic rings. The van der Waals surface area contributed by atoms with Gasteiger partial charge in [-0.15, -0.1) is 0 Å². The SMILES string of the molecule is CCNc1nccc(NCC2CCCN2CC)n1. The zero-order valence-corrected chi connectivity index (χ0v) is 11.3. The minimum absolute atomic E-state index is 0.646. The van der Waals surface area contributed by atoms with Crippen molar-refractivity contribution < 1.29 is 0 Å². The van der Waals surface area contributed by atoms with Gasteiger partial charge in [0.1, 0.15) is 5.82 Å². The summed E-state index contributed by atoms with van der Waals surface area (Å²) in [6, 6.07) is 2.57. The molecular formula is C13H23N5. The molecular weight excluding hydrogens is 226 g/mol. The van der Waals surface area contributed by atoms with Gasteiger partial charge in [0.25, 0.3) is 0 Å². The van der Waals surface area contributed by atoms with E-state index in [0.717, 1.165) is 25.5 Å². The molecule has 0 amide bonds. The Labute approximate surface area is 109 Å². The molecule has 5 heteroatoms. The van der Waals surface area contributed by atoms with Gasteiger partial charge in [-0.1, -0.05) is 6.92 Å². The molecule has 1 aliphatic rings. The zero-order valence-electron chi connectivity index (χ0n) is 11.3. The first-order chi connectivity index (χ1) is 8.83. The third-order valence-corrected chi connectivity index (χ3v) is 3.41. The van der Waals surface area contributed by atoms with E-state index >= 15 is 0 Å². The van der Waals surface area contributed by atoms with E-state index in [2.05, 4.69) is 32.4 Å². The van der Waals surface area contributed by atoms with Crippen molar-refractivity contribution >= 4 is 11.8 Å². The number of likely N-dealkylation sites (tertiary alicyclic amines) is 1. The third-order valence-electron chi connectivity index (χ3n) is 3.41. The molecule has 2 N–H and O–H groups in total. The highest BCUT2D eigenvalue weighted by Gasteiger charge is 2.22. The maximum absolute atomic E-state index is 4.42. The number of aromatic nitrogens is 2. The Morgan fingerprint density at radius 2 is 2.28 bits per heavy atom.